The maximum Gasteiger partial charge on any atom is 0.272 e. The summed E-state index contributed by atoms with van der Waals surface area (Å²) in [6, 6.07) is 15.1. The van der Waals surface area contributed by atoms with Gasteiger partial charge in [-0.3, -0.25) is 25.1 Å². The minimum Gasteiger partial charge on any atom is -0.489 e. The van der Waals surface area contributed by atoms with Gasteiger partial charge in [0.15, 0.2) is 0 Å². The normalized spacial score (nSPS) is 11.1. The highest BCUT2D eigenvalue weighted by molar-refractivity contribution is 5.98. The van der Waals surface area contributed by atoms with E-state index in [2.05, 4.69) is 48.9 Å². The third-order valence-electron chi connectivity index (χ3n) is 4.60. The lowest BCUT2D eigenvalue weighted by Gasteiger charge is -2.19. The van der Waals surface area contributed by atoms with Gasteiger partial charge in [-0.05, 0) is 40.8 Å². The van der Waals surface area contributed by atoms with Crippen molar-refractivity contribution in [1.29, 1.82) is 0 Å². The van der Waals surface area contributed by atoms with E-state index in [1.165, 1.54) is 16.4 Å². The second-order valence-electron chi connectivity index (χ2n) is 8.07. The van der Waals surface area contributed by atoms with Crippen LogP contribution in [0.1, 0.15) is 52.6 Å². The third-order valence-corrected chi connectivity index (χ3v) is 4.60. The Kier molecular flexibility index (Phi) is 6.20. The highest BCUT2D eigenvalue weighted by Gasteiger charge is 2.13. The number of carbonyl (C=O) groups is 2. The molecule has 7 nitrogen and oxygen atoms in total. The van der Waals surface area contributed by atoms with Gasteiger partial charge in [0.1, 0.15) is 12.4 Å². The fourth-order valence-corrected chi connectivity index (χ4v) is 2.77. The van der Waals surface area contributed by atoms with Gasteiger partial charge in [0, 0.05) is 18.8 Å². The van der Waals surface area contributed by atoms with Crippen LogP contribution >= 0.6 is 0 Å². The molecule has 0 aliphatic rings. The molecule has 3 aromatic rings. The van der Waals surface area contributed by atoms with E-state index in [0.717, 1.165) is 11.3 Å². The molecule has 0 atom stereocenters. The van der Waals surface area contributed by atoms with Gasteiger partial charge in [0.25, 0.3) is 11.8 Å². The monoisotopic (exact) mass is 406 g/mol. The number of hydrogen-bond acceptors (Lipinski definition) is 4. The van der Waals surface area contributed by atoms with Crippen LogP contribution in [-0.4, -0.2) is 21.6 Å². The molecule has 0 bridgehead atoms. The van der Waals surface area contributed by atoms with Gasteiger partial charge in [-0.15, -0.1) is 0 Å². The van der Waals surface area contributed by atoms with Gasteiger partial charge in [-0.25, -0.2) is 0 Å². The minimum atomic E-state index is -0.432. The number of nitrogens with one attached hydrogen (secondary N) is 2. The van der Waals surface area contributed by atoms with Gasteiger partial charge >= 0.3 is 0 Å². The largest absolute Gasteiger partial charge is 0.489 e. The number of hydrogen-bond donors (Lipinski definition) is 2. The molecule has 0 saturated heterocycles. The summed E-state index contributed by atoms with van der Waals surface area (Å²) < 4.78 is 7.33. The van der Waals surface area contributed by atoms with E-state index >= 15 is 0 Å². The fourth-order valence-electron chi connectivity index (χ4n) is 2.77. The van der Waals surface area contributed by atoms with Gasteiger partial charge in [-0.1, -0.05) is 45.0 Å². The van der Waals surface area contributed by atoms with Gasteiger partial charge in [0.05, 0.1) is 11.8 Å². The number of carbonyl (C=O) groups excluding carboxylic acids is 2. The van der Waals surface area contributed by atoms with Crippen LogP contribution in [0.2, 0.25) is 0 Å². The summed E-state index contributed by atoms with van der Waals surface area (Å²) in [4.78, 5) is 24.2. The van der Waals surface area contributed by atoms with E-state index in [4.69, 9.17) is 4.74 Å². The molecular formula is C23H26N4O3. The van der Waals surface area contributed by atoms with Crippen molar-refractivity contribution in [1.82, 2.24) is 20.6 Å². The molecule has 0 aliphatic carbocycles. The summed E-state index contributed by atoms with van der Waals surface area (Å²) in [6.45, 7) is 6.91. The second kappa shape index (κ2) is 8.82. The van der Waals surface area contributed by atoms with Gasteiger partial charge in [-0.2, -0.15) is 5.10 Å². The minimum absolute atomic E-state index is 0.104. The van der Waals surface area contributed by atoms with Crippen molar-refractivity contribution < 1.29 is 14.3 Å². The van der Waals surface area contributed by atoms with E-state index < -0.39 is 11.8 Å². The first-order valence-corrected chi connectivity index (χ1v) is 9.64. The number of hydrazine groups is 1. The highest BCUT2D eigenvalue weighted by Crippen LogP contribution is 2.24. The van der Waals surface area contributed by atoms with E-state index in [-0.39, 0.29) is 5.41 Å². The SMILES string of the molecule is Cn1cc(C(=O)NNC(=O)c2ccc(COc3ccc(C(C)(C)C)cc3)cc2)cn1. The molecule has 30 heavy (non-hydrogen) atoms. The Morgan fingerprint density at radius 1 is 0.933 bits per heavy atom. The lowest BCUT2D eigenvalue weighted by atomic mass is 9.87. The Morgan fingerprint density at radius 2 is 1.53 bits per heavy atom. The molecule has 3 rings (SSSR count). The quantitative estimate of drug-likeness (QED) is 0.636. The van der Waals surface area contributed by atoms with Gasteiger partial charge < -0.3 is 4.74 Å². The summed E-state index contributed by atoms with van der Waals surface area (Å²) in [5, 5.41) is 3.92. The average molecular weight is 406 g/mol. The van der Waals surface area contributed by atoms with Crippen LogP contribution in [0.5, 0.6) is 5.75 Å². The number of rotatable bonds is 5. The standard InChI is InChI=1S/C23H26N4O3/c1-23(2,3)19-9-11-20(12-10-19)30-15-16-5-7-17(8-6-16)21(28)25-26-22(29)18-13-24-27(4)14-18/h5-14H,15H2,1-4H3,(H,25,28)(H,26,29). The molecule has 0 fully saturated rings. The lowest BCUT2D eigenvalue weighted by Crippen LogP contribution is -2.41. The smallest absolute Gasteiger partial charge is 0.272 e. The van der Waals surface area contributed by atoms with Crippen LogP contribution in [0, 0.1) is 0 Å². The molecule has 0 unspecified atom stereocenters. The number of amides is 2. The Hall–Kier alpha value is -3.61. The summed E-state index contributed by atoms with van der Waals surface area (Å²) in [5.41, 5.74) is 7.85. The number of benzene rings is 2. The van der Waals surface area contributed by atoms with Crippen LogP contribution in [-0.2, 0) is 19.1 Å². The number of nitrogens with zero attached hydrogens (tertiary/aromatic N) is 2. The average Bonchev–Trinajstić information content (AvgIpc) is 3.16. The summed E-state index contributed by atoms with van der Waals surface area (Å²) in [5.74, 6) is -0.0423. The maximum atomic E-state index is 12.2. The zero-order chi connectivity index (χ0) is 21.7. The fraction of sp³-hybridized carbons (Fsp3) is 0.261. The molecule has 2 aromatic carbocycles. The Balaban J connectivity index is 1.50. The van der Waals surface area contributed by atoms with Crippen molar-refractivity contribution in [3.63, 3.8) is 0 Å². The number of aryl methyl sites for hydroxylation is 1. The van der Waals surface area contributed by atoms with Gasteiger partial charge in [0.2, 0.25) is 0 Å². The Labute approximate surface area is 176 Å². The summed E-state index contributed by atoms with van der Waals surface area (Å²) >= 11 is 0. The second-order valence-corrected chi connectivity index (χ2v) is 8.07. The molecule has 0 radical (unpaired) electrons. The van der Waals surface area contributed by atoms with Crippen molar-refractivity contribution in [2.24, 2.45) is 7.05 Å². The van der Waals surface area contributed by atoms with E-state index in [1.807, 2.05) is 24.3 Å². The van der Waals surface area contributed by atoms with Crippen LogP contribution in [0.3, 0.4) is 0 Å². The van der Waals surface area contributed by atoms with E-state index in [9.17, 15) is 9.59 Å². The molecule has 0 saturated carbocycles. The molecule has 1 heterocycles. The predicted molar refractivity (Wildman–Crippen MR) is 114 cm³/mol. The number of aromatic nitrogens is 2. The highest BCUT2D eigenvalue weighted by atomic mass is 16.5. The maximum absolute atomic E-state index is 12.2. The molecule has 2 N–H and O–H groups in total. The topological polar surface area (TPSA) is 85.2 Å². The predicted octanol–water partition coefficient (Wildman–Crippen LogP) is 3.37. The van der Waals surface area contributed by atoms with Crippen LogP contribution in [0.4, 0.5) is 0 Å². The van der Waals surface area contributed by atoms with Crippen LogP contribution < -0.4 is 15.6 Å². The van der Waals surface area contributed by atoms with Crippen molar-refractivity contribution in [2.45, 2.75) is 32.8 Å². The Bertz CT molecular complexity index is 1020. The first kappa shape index (κ1) is 21.1. The third kappa shape index (κ3) is 5.47. The Morgan fingerprint density at radius 3 is 2.07 bits per heavy atom. The molecule has 1 aromatic heterocycles. The van der Waals surface area contributed by atoms with Crippen molar-refractivity contribution in [3.8, 4) is 5.75 Å². The molecule has 156 valence electrons. The van der Waals surface area contributed by atoms with E-state index in [0.29, 0.717) is 17.7 Å². The van der Waals surface area contributed by atoms with E-state index in [1.54, 1.807) is 25.4 Å². The number of ether oxygens (including phenoxy) is 1. The molecular weight excluding hydrogens is 380 g/mol. The first-order chi connectivity index (χ1) is 14.2. The van der Waals surface area contributed by atoms with Crippen molar-refractivity contribution in [3.05, 3.63) is 83.2 Å². The lowest BCUT2D eigenvalue weighted by molar-refractivity contribution is 0.0846. The van der Waals surface area contributed by atoms with Crippen LogP contribution in [0.25, 0.3) is 0 Å². The molecule has 0 spiro atoms. The molecule has 2 amide bonds. The molecule has 0 aliphatic heterocycles. The molecule has 7 heteroatoms. The van der Waals surface area contributed by atoms with Crippen LogP contribution in [0.15, 0.2) is 60.9 Å². The zero-order valence-electron chi connectivity index (χ0n) is 17.6. The van der Waals surface area contributed by atoms with Crippen molar-refractivity contribution >= 4 is 11.8 Å². The zero-order valence-corrected chi connectivity index (χ0v) is 17.6. The summed E-state index contributed by atoms with van der Waals surface area (Å²) in [6.07, 6.45) is 2.99. The summed E-state index contributed by atoms with van der Waals surface area (Å²) in [7, 11) is 1.71. The first-order valence-electron chi connectivity index (χ1n) is 9.64. The van der Waals surface area contributed by atoms with Crippen molar-refractivity contribution in [2.75, 3.05) is 0 Å².